The number of H-pyrrole nitrogens is 1. The highest BCUT2D eigenvalue weighted by molar-refractivity contribution is 5.96. The summed E-state index contributed by atoms with van der Waals surface area (Å²) in [5.74, 6) is -1.93. The lowest BCUT2D eigenvalue weighted by molar-refractivity contribution is -0.140. The molecule has 7 heteroatoms. The molecule has 1 atom stereocenters. The molecule has 1 aromatic heterocycles. The molecule has 0 saturated carbocycles. The van der Waals surface area contributed by atoms with Crippen LogP contribution in [-0.2, 0) is 22.4 Å². The second-order valence-electron chi connectivity index (χ2n) is 5.77. The van der Waals surface area contributed by atoms with Crippen LogP contribution in [0.15, 0.2) is 23.5 Å². The molecule has 1 aromatic rings. The van der Waals surface area contributed by atoms with Gasteiger partial charge in [0.25, 0.3) is 11.5 Å². The summed E-state index contributed by atoms with van der Waals surface area (Å²) in [5, 5.41) is 11.5. The first kappa shape index (κ1) is 17.9. The topological polar surface area (TPSA) is 108 Å². The molecule has 1 heterocycles. The number of carboxylic acids is 1. The summed E-state index contributed by atoms with van der Waals surface area (Å²) in [7, 11) is 0. The summed E-state index contributed by atoms with van der Waals surface area (Å²) in [4.78, 5) is 38.4. The molecular weight excluding hydrogens is 312 g/mol. The molecule has 130 valence electrons. The van der Waals surface area contributed by atoms with E-state index < -0.39 is 23.5 Å². The number of ether oxygens (including phenoxy) is 1. The Balaban J connectivity index is 2.16. The number of aromatic nitrogens is 1. The van der Waals surface area contributed by atoms with Crippen LogP contribution in [0.1, 0.15) is 40.9 Å². The minimum Gasteiger partial charge on any atom is -0.480 e. The number of pyridine rings is 1. The van der Waals surface area contributed by atoms with Crippen LogP contribution in [0.4, 0.5) is 0 Å². The molecule has 1 aliphatic rings. The molecule has 1 unspecified atom stereocenters. The summed E-state index contributed by atoms with van der Waals surface area (Å²) >= 11 is 0. The van der Waals surface area contributed by atoms with Crippen molar-refractivity contribution in [1.82, 2.24) is 10.3 Å². The van der Waals surface area contributed by atoms with Gasteiger partial charge >= 0.3 is 5.97 Å². The highest BCUT2D eigenvalue weighted by Gasteiger charge is 2.23. The van der Waals surface area contributed by atoms with Crippen molar-refractivity contribution in [1.29, 1.82) is 0 Å². The van der Waals surface area contributed by atoms with Gasteiger partial charge in [-0.1, -0.05) is 12.5 Å². The number of amides is 1. The summed E-state index contributed by atoms with van der Waals surface area (Å²) < 4.78 is 5.08. The van der Waals surface area contributed by atoms with Gasteiger partial charge in [-0.3, -0.25) is 9.59 Å². The smallest absolute Gasteiger partial charge is 0.328 e. The summed E-state index contributed by atoms with van der Waals surface area (Å²) in [6.07, 6.45) is 6.18. The zero-order chi connectivity index (χ0) is 17.5. The Morgan fingerprint density at radius 2 is 2.12 bits per heavy atom. The zero-order valence-corrected chi connectivity index (χ0v) is 13.5. The van der Waals surface area contributed by atoms with Crippen LogP contribution in [0, 0.1) is 0 Å². The van der Waals surface area contributed by atoms with Crippen LogP contribution in [0.3, 0.4) is 0 Å². The van der Waals surface area contributed by atoms with E-state index in [1.54, 1.807) is 6.07 Å². The number of carboxylic acid groups (broad SMARTS) is 1. The van der Waals surface area contributed by atoms with Gasteiger partial charge in [0.05, 0.1) is 13.2 Å². The van der Waals surface area contributed by atoms with E-state index >= 15 is 0 Å². The molecule has 24 heavy (non-hydrogen) atoms. The number of carbonyl (C=O) groups is 2. The van der Waals surface area contributed by atoms with E-state index in [-0.39, 0.29) is 18.8 Å². The Hall–Kier alpha value is -2.41. The molecule has 0 aliphatic heterocycles. The molecule has 0 aromatic carbocycles. The normalized spacial score (nSPS) is 15.0. The van der Waals surface area contributed by atoms with Crippen LogP contribution >= 0.6 is 0 Å². The number of carbonyl (C=O) groups excluding carboxylic acids is 1. The van der Waals surface area contributed by atoms with Gasteiger partial charge in [-0.05, 0) is 37.3 Å². The first-order valence-corrected chi connectivity index (χ1v) is 8.00. The van der Waals surface area contributed by atoms with Crippen LogP contribution < -0.4 is 10.9 Å². The Labute approximate surface area is 139 Å². The van der Waals surface area contributed by atoms with Crippen molar-refractivity contribution in [2.75, 3.05) is 13.2 Å². The SMILES string of the molecule is C=CCOCC(NC(=O)c1cc2c([nH]c1=O)CCCCC2)C(=O)O. The predicted molar refractivity (Wildman–Crippen MR) is 88.2 cm³/mol. The predicted octanol–water partition coefficient (Wildman–Crippen LogP) is 1.03. The number of hydrogen-bond donors (Lipinski definition) is 3. The molecule has 1 amide bonds. The highest BCUT2D eigenvalue weighted by Crippen LogP contribution is 2.18. The summed E-state index contributed by atoms with van der Waals surface area (Å²) in [5.41, 5.74) is 1.26. The van der Waals surface area contributed by atoms with Crippen LogP contribution in [0.25, 0.3) is 0 Å². The van der Waals surface area contributed by atoms with Crippen molar-refractivity contribution in [3.8, 4) is 0 Å². The minimum atomic E-state index is -1.23. The molecule has 7 nitrogen and oxygen atoms in total. The molecule has 0 spiro atoms. The second-order valence-corrected chi connectivity index (χ2v) is 5.77. The van der Waals surface area contributed by atoms with Gasteiger partial charge in [-0.25, -0.2) is 4.79 Å². The van der Waals surface area contributed by atoms with E-state index in [4.69, 9.17) is 9.84 Å². The number of aryl methyl sites for hydroxylation is 2. The fraction of sp³-hybridized carbons (Fsp3) is 0.471. The van der Waals surface area contributed by atoms with Gasteiger partial charge in [0.2, 0.25) is 0 Å². The van der Waals surface area contributed by atoms with Gasteiger partial charge in [0.1, 0.15) is 5.56 Å². The zero-order valence-electron chi connectivity index (χ0n) is 13.5. The third-order valence-electron chi connectivity index (χ3n) is 3.96. The monoisotopic (exact) mass is 334 g/mol. The van der Waals surface area contributed by atoms with Crippen LogP contribution in [0.2, 0.25) is 0 Å². The van der Waals surface area contributed by atoms with Crippen molar-refractivity contribution in [2.45, 2.75) is 38.1 Å². The fourth-order valence-corrected chi connectivity index (χ4v) is 2.70. The third-order valence-corrected chi connectivity index (χ3v) is 3.96. The standard InChI is InChI=1S/C17H22N2O5/c1-2-8-24-10-14(17(22)23)19-16(21)12-9-11-6-4-3-5-7-13(11)18-15(12)20/h2,9,14H,1,3-8,10H2,(H,18,20)(H,19,21)(H,22,23). The highest BCUT2D eigenvalue weighted by atomic mass is 16.5. The molecule has 3 N–H and O–H groups in total. The summed E-state index contributed by atoms with van der Waals surface area (Å²) in [6.45, 7) is 3.45. The van der Waals surface area contributed by atoms with E-state index in [0.717, 1.165) is 43.4 Å². The molecule has 0 radical (unpaired) electrons. The van der Waals surface area contributed by atoms with Crippen molar-refractivity contribution < 1.29 is 19.4 Å². The van der Waals surface area contributed by atoms with E-state index in [1.165, 1.54) is 6.08 Å². The van der Waals surface area contributed by atoms with Crippen molar-refractivity contribution in [2.24, 2.45) is 0 Å². The van der Waals surface area contributed by atoms with Gasteiger partial charge in [-0.2, -0.15) is 0 Å². The average molecular weight is 334 g/mol. The first-order valence-electron chi connectivity index (χ1n) is 8.00. The number of hydrogen-bond acceptors (Lipinski definition) is 4. The molecule has 0 fully saturated rings. The first-order chi connectivity index (χ1) is 11.5. The van der Waals surface area contributed by atoms with E-state index in [0.29, 0.717) is 0 Å². The van der Waals surface area contributed by atoms with Gasteiger partial charge in [-0.15, -0.1) is 6.58 Å². The maximum Gasteiger partial charge on any atom is 0.328 e. The average Bonchev–Trinajstić information content (AvgIpc) is 2.77. The van der Waals surface area contributed by atoms with Crippen LogP contribution in [0.5, 0.6) is 0 Å². The lowest BCUT2D eigenvalue weighted by Crippen LogP contribution is -2.45. The lowest BCUT2D eigenvalue weighted by atomic mass is 10.1. The van der Waals surface area contributed by atoms with E-state index in [9.17, 15) is 14.4 Å². The van der Waals surface area contributed by atoms with Gasteiger partial charge < -0.3 is 20.1 Å². The number of aromatic amines is 1. The maximum atomic E-state index is 12.3. The number of rotatable bonds is 7. The van der Waals surface area contributed by atoms with E-state index in [1.807, 2.05) is 0 Å². The Morgan fingerprint density at radius 3 is 2.83 bits per heavy atom. The van der Waals surface area contributed by atoms with E-state index in [2.05, 4.69) is 16.9 Å². The lowest BCUT2D eigenvalue weighted by Gasteiger charge is -2.15. The van der Waals surface area contributed by atoms with Crippen molar-refractivity contribution >= 4 is 11.9 Å². The molecular formula is C17H22N2O5. The number of nitrogens with one attached hydrogen (secondary N) is 2. The van der Waals surface area contributed by atoms with Gasteiger partial charge in [0.15, 0.2) is 6.04 Å². The molecule has 0 saturated heterocycles. The van der Waals surface area contributed by atoms with Gasteiger partial charge in [0, 0.05) is 5.69 Å². The van der Waals surface area contributed by atoms with Crippen LogP contribution in [-0.4, -0.2) is 41.2 Å². The Bertz CT molecular complexity index is 680. The van der Waals surface area contributed by atoms with Crippen molar-refractivity contribution in [3.63, 3.8) is 0 Å². The molecule has 1 aliphatic carbocycles. The minimum absolute atomic E-state index is 0.0642. The Kier molecular flexibility index (Phi) is 6.31. The Morgan fingerprint density at radius 1 is 1.38 bits per heavy atom. The number of aliphatic carboxylic acids is 1. The third kappa shape index (κ3) is 4.55. The number of fused-ring (bicyclic) bond motifs is 1. The largest absolute Gasteiger partial charge is 0.480 e. The summed E-state index contributed by atoms with van der Waals surface area (Å²) in [6, 6.07) is 0.355. The molecule has 0 bridgehead atoms. The fourth-order valence-electron chi connectivity index (χ4n) is 2.70. The second kappa shape index (κ2) is 8.44. The molecule has 2 rings (SSSR count). The van der Waals surface area contributed by atoms with Crippen molar-refractivity contribution in [3.05, 3.63) is 45.9 Å². The quantitative estimate of drug-likeness (QED) is 0.392. The maximum absolute atomic E-state index is 12.3.